The van der Waals surface area contributed by atoms with Gasteiger partial charge in [-0.1, -0.05) is 36.4 Å². The molecule has 3 unspecified atom stereocenters. The summed E-state index contributed by atoms with van der Waals surface area (Å²) >= 11 is 0. The number of anilines is 1. The van der Waals surface area contributed by atoms with Crippen LogP contribution in [0.1, 0.15) is 6.42 Å². The quantitative estimate of drug-likeness (QED) is 0.840. The predicted octanol–water partition coefficient (Wildman–Crippen LogP) is 1.76. The molecule has 3 atom stereocenters. The van der Waals surface area contributed by atoms with E-state index >= 15 is 0 Å². The van der Waals surface area contributed by atoms with Gasteiger partial charge in [-0.15, -0.1) is 5.10 Å². The maximum atomic E-state index is 12.1. The molecule has 1 fully saturated rings. The van der Waals surface area contributed by atoms with Crippen molar-refractivity contribution in [3.63, 3.8) is 0 Å². The van der Waals surface area contributed by atoms with Crippen LogP contribution in [0.5, 0.6) is 0 Å². The second kappa shape index (κ2) is 5.29. The van der Waals surface area contributed by atoms with Crippen LogP contribution in [0.4, 0.5) is 5.95 Å². The lowest BCUT2D eigenvalue weighted by atomic mass is 10.0. The van der Waals surface area contributed by atoms with E-state index in [1.165, 1.54) is 0 Å². The number of carbonyl (C=O) groups excluding carboxylic acids is 1. The molecule has 1 aromatic heterocycles. The van der Waals surface area contributed by atoms with Gasteiger partial charge in [-0.25, -0.2) is 4.98 Å². The maximum Gasteiger partial charge on any atom is 0.247 e. The Labute approximate surface area is 133 Å². The van der Waals surface area contributed by atoms with E-state index in [9.17, 15) is 10.1 Å². The molecule has 2 aliphatic rings. The maximum absolute atomic E-state index is 12.1. The Hall–Kier alpha value is -3.07. The van der Waals surface area contributed by atoms with E-state index in [2.05, 4.69) is 21.3 Å². The van der Waals surface area contributed by atoms with Gasteiger partial charge in [-0.3, -0.25) is 4.79 Å². The van der Waals surface area contributed by atoms with Crippen molar-refractivity contribution in [2.45, 2.75) is 18.5 Å². The average molecular weight is 303 g/mol. The minimum atomic E-state index is -0.373. The molecule has 0 N–H and O–H groups in total. The lowest BCUT2D eigenvalue weighted by Gasteiger charge is -2.30. The number of hydrogen-bond acceptors (Lipinski definition) is 6. The molecule has 112 valence electrons. The molecule has 2 bridgehead atoms. The molecule has 0 amide bonds. The van der Waals surface area contributed by atoms with Gasteiger partial charge in [0.2, 0.25) is 5.95 Å². The number of aromatic nitrogens is 3. The van der Waals surface area contributed by atoms with Gasteiger partial charge in [0.15, 0.2) is 5.78 Å². The molecule has 4 rings (SSSR count). The van der Waals surface area contributed by atoms with Gasteiger partial charge in [0.1, 0.15) is 0 Å². The van der Waals surface area contributed by atoms with Crippen molar-refractivity contribution < 1.29 is 4.79 Å². The Morgan fingerprint density at radius 3 is 2.87 bits per heavy atom. The largest absolute Gasteiger partial charge is 0.321 e. The number of nitrogens with zero attached hydrogens (tertiary/aromatic N) is 5. The van der Waals surface area contributed by atoms with Crippen LogP contribution in [0.3, 0.4) is 0 Å². The summed E-state index contributed by atoms with van der Waals surface area (Å²) in [6, 6.07) is 11.4. The summed E-state index contributed by atoms with van der Waals surface area (Å²) in [7, 11) is 0. The molecule has 23 heavy (non-hydrogen) atoms. The summed E-state index contributed by atoms with van der Waals surface area (Å²) in [6.45, 7) is 0. The fraction of sp³-hybridized carbons (Fsp3) is 0.235. The summed E-state index contributed by atoms with van der Waals surface area (Å²) in [4.78, 5) is 18.5. The number of rotatable bonds is 2. The minimum Gasteiger partial charge on any atom is -0.321 e. The Balaban J connectivity index is 1.76. The second-order valence-corrected chi connectivity index (χ2v) is 5.65. The van der Waals surface area contributed by atoms with Gasteiger partial charge >= 0.3 is 0 Å². The Morgan fingerprint density at radius 2 is 2.09 bits per heavy atom. The number of nitriles is 1. The summed E-state index contributed by atoms with van der Waals surface area (Å²) in [5, 5.41) is 17.5. The second-order valence-electron chi connectivity index (χ2n) is 5.65. The number of hydrogen-bond donors (Lipinski definition) is 0. The van der Waals surface area contributed by atoms with E-state index < -0.39 is 0 Å². The molecule has 6 nitrogen and oxygen atoms in total. The van der Waals surface area contributed by atoms with Crippen LogP contribution in [0.2, 0.25) is 0 Å². The van der Waals surface area contributed by atoms with Gasteiger partial charge in [0.05, 0.1) is 36.0 Å². The Kier molecular flexibility index (Phi) is 3.12. The van der Waals surface area contributed by atoms with Crippen molar-refractivity contribution in [1.29, 1.82) is 5.26 Å². The number of benzene rings is 1. The molecule has 1 saturated heterocycles. The standard InChI is InChI=1S/C17H13N5O/c18-9-12-8-15-16(23)7-6-14(12)22(15)17-20-13(10-19-21-17)11-4-2-1-3-5-11/h1-7,10,12,14-15H,8H2. The minimum absolute atomic E-state index is 0.00675. The third-order valence-corrected chi connectivity index (χ3v) is 4.35. The monoisotopic (exact) mass is 303 g/mol. The van der Waals surface area contributed by atoms with E-state index in [-0.39, 0.29) is 23.8 Å². The summed E-state index contributed by atoms with van der Waals surface area (Å²) in [5.41, 5.74) is 1.64. The molecule has 0 radical (unpaired) electrons. The van der Waals surface area contributed by atoms with E-state index in [1.54, 1.807) is 18.3 Å². The van der Waals surface area contributed by atoms with E-state index in [4.69, 9.17) is 0 Å². The first-order valence-electron chi connectivity index (χ1n) is 7.43. The third kappa shape index (κ3) is 2.18. The topological polar surface area (TPSA) is 82.8 Å². The van der Waals surface area contributed by atoms with Crippen molar-refractivity contribution in [3.05, 3.63) is 48.7 Å². The molecular formula is C17H13N5O. The summed E-state index contributed by atoms with van der Waals surface area (Å²) in [6.07, 6.45) is 5.45. The van der Waals surface area contributed by atoms with Crippen molar-refractivity contribution in [2.75, 3.05) is 4.90 Å². The van der Waals surface area contributed by atoms with Gasteiger partial charge in [-0.05, 0) is 12.5 Å². The molecule has 0 spiro atoms. The Bertz CT molecular complexity index is 826. The smallest absolute Gasteiger partial charge is 0.247 e. The Morgan fingerprint density at radius 1 is 1.26 bits per heavy atom. The third-order valence-electron chi connectivity index (χ3n) is 4.35. The molecule has 2 aromatic rings. The zero-order valence-corrected chi connectivity index (χ0v) is 12.2. The number of carbonyl (C=O) groups is 1. The van der Waals surface area contributed by atoms with Crippen LogP contribution in [0.25, 0.3) is 11.3 Å². The molecule has 2 aliphatic heterocycles. The molecule has 6 heteroatoms. The molecule has 3 heterocycles. The van der Waals surface area contributed by atoms with Crippen molar-refractivity contribution in [3.8, 4) is 17.3 Å². The molecule has 1 aromatic carbocycles. The van der Waals surface area contributed by atoms with Crippen LogP contribution in [-0.4, -0.2) is 33.0 Å². The average Bonchev–Trinajstić information content (AvgIpc) is 2.91. The van der Waals surface area contributed by atoms with Crippen molar-refractivity contribution in [2.24, 2.45) is 5.92 Å². The van der Waals surface area contributed by atoms with E-state index in [0.29, 0.717) is 18.1 Å². The molecule has 0 saturated carbocycles. The fourth-order valence-electron chi connectivity index (χ4n) is 3.23. The van der Waals surface area contributed by atoms with E-state index in [0.717, 1.165) is 5.56 Å². The van der Waals surface area contributed by atoms with Gasteiger partial charge in [-0.2, -0.15) is 10.4 Å². The predicted molar refractivity (Wildman–Crippen MR) is 83.2 cm³/mol. The van der Waals surface area contributed by atoms with E-state index in [1.807, 2.05) is 35.2 Å². The summed E-state index contributed by atoms with van der Waals surface area (Å²) in [5.74, 6) is 0.163. The van der Waals surface area contributed by atoms with Crippen molar-refractivity contribution in [1.82, 2.24) is 15.2 Å². The lowest BCUT2D eigenvalue weighted by Crippen LogP contribution is -2.44. The highest BCUT2D eigenvalue weighted by molar-refractivity contribution is 5.99. The lowest BCUT2D eigenvalue weighted by molar-refractivity contribution is -0.115. The first kappa shape index (κ1) is 13.6. The van der Waals surface area contributed by atoms with Crippen LogP contribution in [-0.2, 0) is 4.79 Å². The van der Waals surface area contributed by atoms with Crippen molar-refractivity contribution >= 4 is 11.7 Å². The first-order chi connectivity index (χ1) is 11.3. The van der Waals surface area contributed by atoms with Crippen LogP contribution < -0.4 is 4.90 Å². The number of fused-ring (bicyclic) bond motifs is 2. The van der Waals surface area contributed by atoms with Crippen LogP contribution >= 0.6 is 0 Å². The molecule has 0 aliphatic carbocycles. The highest BCUT2D eigenvalue weighted by Crippen LogP contribution is 2.36. The van der Waals surface area contributed by atoms with Gasteiger partial charge in [0.25, 0.3) is 0 Å². The highest BCUT2D eigenvalue weighted by Gasteiger charge is 2.46. The van der Waals surface area contributed by atoms with Crippen LogP contribution in [0, 0.1) is 17.2 Å². The zero-order chi connectivity index (χ0) is 15.8. The van der Waals surface area contributed by atoms with Gasteiger partial charge in [0, 0.05) is 5.56 Å². The highest BCUT2D eigenvalue weighted by atomic mass is 16.1. The SMILES string of the molecule is N#CC1CC2C(=O)C=CC1N2c1nncc(-c2ccccc2)n1. The normalized spacial score (nSPS) is 25.4. The molecular weight excluding hydrogens is 290 g/mol. The number of ketones is 1. The zero-order valence-electron chi connectivity index (χ0n) is 12.2. The summed E-state index contributed by atoms with van der Waals surface area (Å²) < 4.78 is 0. The van der Waals surface area contributed by atoms with Crippen LogP contribution in [0.15, 0.2) is 48.7 Å². The fourth-order valence-corrected chi connectivity index (χ4v) is 3.23. The first-order valence-corrected chi connectivity index (χ1v) is 7.43. The van der Waals surface area contributed by atoms with Gasteiger partial charge < -0.3 is 4.90 Å².